The number of benzene rings is 2. The highest BCUT2D eigenvalue weighted by Gasteiger charge is 2.47. The van der Waals surface area contributed by atoms with Crippen molar-refractivity contribution in [3.63, 3.8) is 0 Å². The first-order valence-corrected chi connectivity index (χ1v) is 11.2. The SMILES string of the molecule is COc1cccc(N2C(=O)C(=O)/C(=C(\O)c3ccc(OC)c(C(C)(C)C)c3)C2c2cccnc2)c1. The Morgan fingerprint density at radius 1 is 1.00 bits per heavy atom. The maximum atomic E-state index is 13.4. The topological polar surface area (TPSA) is 89.0 Å². The third-order valence-electron chi connectivity index (χ3n) is 6.06. The van der Waals surface area contributed by atoms with Gasteiger partial charge in [-0.15, -0.1) is 0 Å². The molecule has 1 fully saturated rings. The van der Waals surface area contributed by atoms with Gasteiger partial charge in [0.25, 0.3) is 11.7 Å². The summed E-state index contributed by atoms with van der Waals surface area (Å²) in [6.45, 7) is 6.10. The fourth-order valence-corrected chi connectivity index (χ4v) is 4.31. The highest BCUT2D eigenvalue weighted by Crippen LogP contribution is 2.43. The fourth-order valence-electron chi connectivity index (χ4n) is 4.31. The van der Waals surface area contributed by atoms with E-state index in [1.54, 1.807) is 74.1 Å². The Morgan fingerprint density at radius 2 is 1.77 bits per heavy atom. The number of carbonyl (C=O) groups excluding carboxylic acids is 2. The highest BCUT2D eigenvalue weighted by atomic mass is 16.5. The quantitative estimate of drug-likeness (QED) is 0.319. The molecule has 1 aliphatic heterocycles. The number of aliphatic hydroxyl groups is 1. The maximum Gasteiger partial charge on any atom is 0.300 e. The van der Waals surface area contributed by atoms with Crippen molar-refractivity contribution in [3.05, 3.63) is 89.3 Å². The molecule has 35 heavy (non-hydrogen) atoms. The van der Waals surface area contributed by atoms with E-state index in [2.05, 4.69) is 4.98 Å². The van der Waals surface area contributed by atoms with E-state index >= 15 is 0 Å². The molecule has 1 aliphatic rings. The summed E-state index contributed by atoms with van der Waals surface area (Å²) >= 11 is 0. The van der Waals surface area contributed by atoms with E-state index in [0.29, 0.717) is 28.3 Å². The van der Waals surface area contributed by atoms with E-state index in [1.807, 2.05) is 20.8 Å². The van der Waals surface area contributed by atoms with Crippen molar-refractivity contribution < 1.29 is 24.2 Å². The van der Waals surface area contributed by atoms with E-state index in [9.17, 15) is 14.7 Å². The van der Waals surface area contributed by atoms with Crippen LogP contribution in [-0.2, 0) is 15.0 Å². The first-order valence-electron chi connectivity index (χ1n) is 11.2. The summed E-state index contributed by atoms with van der Waals surface area (Å²) in [6, 6.07) is 14.8. The minimum Gasteiger partial charge on any atom is -0.507 e. The Hall–Kier alpha value is -4.13. The zero-order valence-corrected chi connectivity index (χ0v) is 20.4. The molecule has 1 unspecified atom stereocenters. The van der Waals surface area contributed by atoms with E-state index in [1.165, 1.54) is 12.0 Å². The number of amides is 1. The summed E-state index contributed by atoms with van der Waals surface area (Å²) in [5.74, 6) is -0.546. The summed E-state index contributed by atoms with van der Waals surface area (Å²) in [4.78, 5) is 32.2. The average molecular weight is 473 g/mol. The molecule has 0 aliphatic carbocycles. The van der Waals surface area contributed by atoms with Crippen LogP contribution in [0.25, 0.3) is 5.76 Å². The van der Waals surface area contributed by atoms with E-state index < -0.39 is 17.7 Å². The molecule has 7 heteroatoms. The Bertz CT molecular complexity index is 1310. The summed E-state index contributed by atoms with van der Waals surface area (Å²) in [6.07, 6.45) is 3.20. The number of ether oxygens (including phenoxy) is 2. The van der Waals surface area contributed by atoms with Crippen LogP contribution in [0.5, 0.6) is 11.5 Å². The molecule has 1 aromatic heterocycles. The van der Waals surface area contributed by atoms with Crippen molar-refractivity contribution in [2.24, 2.45) is 0 Å². The monoisotopic (exact) mass is 472 g/mol. The van der Waals surface area contributed by atoms with Gasteiger partial charge in [0, 0.05) is 35.3 Å². The lowest BCUT2D eigenvalue weighted by Gasteiger charge is -2.26. The number of carbonyl (C=O) groups is 2. The molecule has 4 rings (SSSR count). The smallest absolute Gasteiger partial charge is 0.300 e. The Kier molecular flexibility index (Phi) is 6.35. The van der Waals surface area contributed by atoms with Crippen molar-refractivity contribution in [3.8, 4) is 11.5 Å². The molecule has 0 saturated carbocycles. The van der Waals surface area contributed by atoms with Gasteiger partial charge in [-0.3, -0.25) is 19.5 Å². The van der Waals surface area contributed by atoms with Crippen molar-refractivity contribution >= 4 is 23.1 Å². The van der Waals surface area contributed by atoms with E-state index in [-0.39, 0.29) is 16.7 Å². The zero-order valence-electron chi connectivity index (χ0n) is 20.4. The van der Waals surface area contributed by atoms with Crippen molar-refractivity contribution in [2.45, 2.75) is 32.2 Å². The van der Waals surface area contributed by atoms with Gasteiger partial charge < -0.3 is 14.6 Å². The molecular weight excluding hydrogens is 444 g/mol. The number of pyridine rings is 1. The van der Waals surface area contributed by atoms with Gasteiger partial charge in [-0.05, 0) is 47.4 Å². The van der Waals surface area contributed by atoms with Crippen LogP contribution < -0.4 is 14.4 Å². The standard InChI is InChI=1S/C28H28N2O5/c1-28(2,3)21-14-17(11-12-22(21)35-5)25(31)23-24(18-8-7-13-29-16-18)30(27(33)26(23)32)19-9-6-10-20(15-19)34-4/h6-16,24,31H,1-5H3/b25-23-. The van der Waals surface area contributed by atoms with Gasteiger partial charge in [-0.1, -0.05) is 32.9 Å². The fraction of sp³-hybridized carbons (Fsp3) is 0.250. The molecule has 7 nitrogen and oxygen atoms in total. The third-order valence-corrected chi connectivity index (χ3v) is 6.06. The van der Waals surface area contributed by atoms with Crippen LogP contribution in [0, 0.1) is 0 Å². The van der Waals surface area contributed by atoms with Gasteiger partial charge in [-0.2, -0.15) is 0 Å². The highest BCUT2D eigenvalue weighted by molar-refractivity contribution is 6.51. The van der Waals surface area contributed by atoms with Gasteiger partial charge in [0.05, 0.1) is 25.8 Å². The normalized spacial score (nSPS) is 17.5. The number of ketones is 1. The predicted octanol–water partition coefficient (Wildman–Crippen LogP) is 5.02. The molecule has 3 aromatic rings. The molecule has 1 amide bonds. The Balaban J connectivity index is 1.95. The van der Waals surface area contributed by atoms with Crippen molar-refractivity contribution in [2.75, 3.05) is 19.1 Å². The number of aromatic nitrogens is 1. The molecule has 2 heterocycles. The van der Waals surface area contributed by atoms with Gasteiger partial charge in [0.2, 0.25) is 0 Å². The molecule has 2 aromatic carbocycles. The largest absolute Gasteiger partial charge is 0.507 e. The Labute approximate surface area is 204 Å². The summed E-state index contributed by atoms with van der Waals surface area (Å²) in [5, 5.41) is 11.5. The second-order valence-electron chi connectivity index (χ2n) is 9.32. The van der Waals surface area contributed by atoms with Crippen LogP contribution in [0.2, 0.25) is 0 Å². The minimum absolute atomic E-state index is 0.00385. The number of rotatable bonds is 5. The summed E-state index contributed by atoms with van der Waals surface area (Å²) in [7, 11) is 3.12. The van der Waals surface area contributed by atoms with Gasteiger partial charge in [0.1, 0.15) is 17.3 Å². The lowest BCUT2D eigenvalue weighted by Crippen LogP contribution is -2.29. The molecule has 0 radical (unpaired) electrons. The molecule has 1 N–H and O–H groups in total. The number of Topliss-reactive ketones (excluding diaryl/α,β-unsaturated/α-hetero) is 1. The van der Waals surface area contributed by atoms with Gasteiger partial charge in [0.15, 0.2) is 0 Å². The average Bonchev–Trinajstić information content (AvgIpc) is 3.13. The van der Waals surface area contributed by atoms with Gasteiger partial charge >= 0.3 is 0 Å². The number of nitrogens with zero attached hydrogens (tertiary/aromatic N) is 2. The predicted molar refractivity (Wildman–Crippen MR) is 134 cm³/mol. The van der Waals surface area contributed by atoms with Crippen molar-refractivity contribution in [1.82, 2.24) is 4.98 Å². The molecule has 0 spiro atoms. The lowest BCUT2D eigenvalue weighted by atomic mass is 9.84. The minimum atomic E-state index is -0.865. The molecule has 1 atom stereocenters. The van der Waals surface area contributed by atoms with Crippen LogP contribution in [0.4, 0.5) is 5.69 Å². The summed E-state index contributed by atoms with van der Waals surface area (Å²) in [5.41, 5.74) is 2.08. The van der Waals surface area contributed by atoms with Crippen LogP contribution >= 0.6 is 0 Å². The third kappa shape index (κ3) is 4.37. The number of anilines is 1. The summed E-state index contributed by atoms with van der Waals surface area (Å²) < 4.78 is 10.8. The number of hydrogen-bond donors (Lipinski definition) is 1. The van der Waals surface area contributed by atoms with Crippen molar-refractivity contribution in [1.29, 1.82) is 0 Å². The lowest BCUT2D eigenvalue weighted by molar-refractivity contribution is -0.132. The zero-order chi connectivity index (χ0) is 25.3. The molecule has 0 bridgehead atoms. The Morgan fingerprint density at radius 3 is 2.40 bits per heavy atom. The van der Waals surface area contributed by atoms with Crippen LogP contribution in [0.1, 0.15) is 43.5 Å². The molecular formula is C28H28N2O5. The second kappa shape index (κ2) is 9.25. The van der Waals surface area contributed by atoms with Crippen LogP contribution in [-0.4, -0.2) is 36.0 Å². The van der Waals surface area contributed by atoms with Crippen LogP contribution in [0.3, 0.4) is 0 Å². The number of methoxy groups -OCH3 is 2. The first kappa shape index (κ1) is 24.0. The van der Waals surface area contributed by atoms with Gasteiger partial charge in [-0.25, -0.2) is 0 Å². The second-order valence-corrected chi connectivity index (χ2v) is 9.32. The van der Waals surface area contributed by atoms with Crippen LogP contribution in [0.15, 0.2) is 72.6 Å². The first-order chi connectivity index (χ1) is 16.7. The molecule has 1 saturated heterocycles. The van der Waals surface area contributed by atoms with E-state index in [4.69, 9.17) is 9.47 Å². The number of hydrogen-bond acceptors (Lipinski definition) is 6. The molecule has 180 valence electrons. The maximum absolute atomic E-state index is 13.4. The number of aliphatic hydroxyl groups excluding tert-OH is 1. The van der Waals surface area contributed by atoms with E-state index in [0.717, 1.165) is 5.56 Å².